The van der Waals surface area contributed by atoms with Crippen molar-refractivity contribution < 1.29 is 14.4 Å². The van der Waals surface area contributed by atoms with Crippen LogP contribution < -0.4 is 21.4 Å². The van der Waals surface area contributed by atoms with Crippen molar-refractivity contribution in [3.63, 3.8) is 0 Å². The average Bonchev–Trinajstić information content (AvgIpc) is 2.44. The van der Waals surface area contributed by atoms with E-state index in [0.29, 0.717) is 5.69 Å². The Kier molecular flexibility index (Phi) is 4.47. The maximum atomic E-state index is 12.4. The van der Waals surface area contributed by atoms with Crippen LogP contribution in [0.2, 0.25) is 0 Å². The molecule has 1 aromatic rings. The molecule has 0 spiro atoms. The van der Waals surface area contributed by atoms with E-state index in [1.807, 2.05) is 24.5 Å². The SMILES string of the molecule is Cc1ccc(N2C(=O)[C@@H](/C=N/NC(N)=O)C(=O)NC2=S)cc1. The van der Waals surface area contributed by atoms with Crippen LogP contribution in [-0.4, -0.2) is 29.2 Å². The molecule has 1 aromatic carbocycles. The largest absolute Gasteiger partial charge is 0.350 e. The van der Waals surface area contributed by atoms with E-state index < -0.39 is 23.8 Å². The van der Waals surface area contributed by atoms with Crippen LogP contribution in [0.1, 0.15) is 5.56 Å². The maximum Gasteiger partial charge on any atom is 0.332 e. The molecular weight excluding hydrogens is 306 g/mol. The predicted molar refractivity (Wildman–Crippen MR) is 84.1 cm³/mol. The first-order chi connectivity index (χ1) is 10.4. The first kappa shape index (κ1) is 15.6. The van der Waals surface area contributed by atoms with E-state index in [1.54, 1.807) is 12.1 Å². The van der Waals surface area contributed by atoms with Gasteiger partial charge in [-0.2, -0.15) is 5.10 Å². The summed E-state index contributed by atoms with van der Waals surface area (Å²) in [6, 6.07) is 6.17. The molecule has 4 N–H and O–H groups in total. The van der Waals surface area contributed by atoms with Crippen molar-refractivity contribution in [2.24, 2.45) is 16.8 Å². The highest BCUT2D eigenvalue weighted by molar-refractivity contribution is 7.80. The Balaban J connectivity index is 2.27. The molecule has 9 heteroatoms. The number of primary amides is 1. The highest BCUT2D eigenvalue weighted by atomic mass is 32.1. The van der Waals surface area contributed by atoms with Gasteiger partial charge < -0.3 is 11.1 Å². The fourth-order valence-electron chi connectivity index (χ4n) is 1.84. The number of urea groups is 1. The second-order valence-corrected chi connectivity index (χ2v) is 4.92. The number of aryl methyl sites for hydroxylation is 1. The third-order valence-corrected chi connectivity index (χ3v) is 3.18. The Hall–Kier alpha value is -2.81. The van der Waals surface area contributed by atoms with E-state index in [-0.39, 0.29) is 5.11 Å². The molecule has 1 aliphatic rings. The van der Waals surface area contributed by atoms with Crippen molar-refractivity contribution in [2.45, 2.75) is 6.92 Å². The Labute approximate surface area is 131 Å². The van der Waals surface area contributed by atoms with E-state index in [4.69, 9.17) is 18.0 Å². The highest BCUT2D eigenvalue weighted by Gasteiger charge is 2.38. The number of hydrazone groups is 1. The van der Waals surface area contributed by atoms with Crippen LogP contribution in [0.4, 0.5) is 10.5 Å². The number of hydrogen-bond donors (Lipinski definition) is 3. The van der Waals surface area contributed by atoms with Gasteiger partial charge in [0, 0.05) is 6.21 Å². The number of carbonyl (C=O) groups excluding carboxylic acids is 3. The predicted octanol–water partition coefficient (Wildman–Crippen LogP) is 0.0130. The zero-order valence-electron chi connectivity index (χ0n) is 11.6. The van der Waals surface area contributed by atoms with Crippen molar-refractivity contribution in [3.8, 4) is 0 Å². The lowest BCUT2D eigenvalue weighted by Gasteiger charge is -2.30. The Bertz CT molecular complexity index is 671. The summed E-state index contributed by atoms with van der Waals surface area (Å²) < 4.78 is 0. The molecule has 0 aromatic heterocycles. The molecule has 0 aliphatic carbocycles. The summed E-state index contributed by atoms with van der Waals surface area (Å²) in [5.74, 6) is -2.39. The molecule has 2 rings (SSSR count). The van der Waals surface area contributed by atoms with Crippen LogP contribution in [0, 0.1) is 12.8 Å². The molecule has 1 aliphatic heterocycles. The molecule has 114 valence electrons. The molecule has 0 bridgehead atoms. The first-order valence-corrected chi connectivity index (χ1v) is 6.65. The fraction of sp³-hybridized carbons (Fsp3) is 0.154. The maximum absolute atomic E-state index is 12.4. The van der Waals surface area contributed by atoms with Crippen LogP contribution in [0.5, 0.6) is 0 Å². The number of carbonyl (C=O) groups is 3. The Morgan fingerprint density at radius 2 is 2.05 bits per heavy atom. The molecule has 1 atom stereocenters. The highest BCUT2D eigenvalue weighted by Crippen LogP contribution is 2.20. The van der Waals surface area contributed by atoms with Gasteiger partial charge in [-0.05, 0) is 31.3 Å². The quantitative estimate of drug-likeness (QED) is 0.315. The molecule has 1 heterocycles. The zero-order chi connectivity index (χ0) is 16.3. The number of amides is 4. The minimum Gasteiger partial charge on any atom is -0.350 e. The van der Waals surface area contributed by atoms with Gasteiger partial charge in [0.05, 0.1) is 5.69 Å². The van der Waals surface area contributed by atoms with E-state index in [1.165, 1.54) is 4.90 Å². The lowest BCUT2D eigenvalue weighted by atomic mass is 10.1. The topological polar surface area (TPSA) is 117 Å². The smallest absolute Gasteiger partial charge is 0.332 e. The molecule has 8 nitrogen and oxygen atoms in total. The molecule has 1 saturated heterocycles. The van der Waals surface area contributed by atoms with Gasteiger partial charge in [-0.3, -0.25) is 14.5 Å². The Morgan fingerprint density at radius 3 is 2.64 bits per heavy atom. The van der Waals surface area contributed by atoms with Gasteiger partial charge in [-0.25, -0.2) is 10.2 Å². The molecule has 4 amide bonds. The number of rotatable bonds is 3. The molecule has 0 unspecified atom stereocenters. The van der Waals surface area contributed by atoms with Crippen LogP contribution in [-0.2, 0) is 9.59 Å². The van der Waals surface area contributed by atoms with Gasteiger partial charge in [-0.1, -0.05) is 17.7 Å². The summed E-state index contributed by atoms with van der Waals surface area (Å²) in [7, 11) is 0. The molecule has 0 radical (unpaired) electrons. The standard InChI is InChI=1S/C13H13N5O3S/c1-7-2-4-8(5-3-7)18-11(20)9(6-15-17-12(14)21)10(19)16-13(18)22/h2-6,9H,1H3,(H3,14,17,21)(H,16,19,22)/b15-6+/t9-/m0/s1. The van der Waals surface area contributed by atoms with Gasteiger partial charge in [0.15, 0.2) is 11.0 Å². The number of benzene rings is 1. The summed E-state index contributed by atoms with van der Waals surface area (Å²) in [6.07, 6.45) is 1.01. The minimum atomic E-state index is -1.21. The first-order valence-electron chi connectivity index (χ1n) is 6.24. The number of nitrogens with two attached hydrogens (primary N) is 1. The number of nitrogens with zero attached hydrogens (tertiary/aromatic N) is 2. The van der Waals surface area contributed by atoms with Crippen molar-refractivity contribution in [2.75, 3.05) is 4.90 Å². The summed E-state index contributed by atoms with van der Waals surface area (Å²) in [5.41, 5.74) is 8.33. The van der Waals surface area contributed by atoms with Crippen LogP contribution in [0.15, 0.2) is 29.4 Å². The Morgan fingerprint density at radius 1 is 1.41 bits per heavy atom. The van der Waals surface area contributed by atoms with Gasteiger partial charge in [0.2, 0.25) is 5.91 Å². The van der Waals surface area contributed by atoms with E-state index in [0.717, 1.165) is 11.8 Å². The molecular formula is C13H13N5O3S. The van der Waals surface area contributed by atoms with Gasteiger partial charge in [0.1, 0.15) is 0 Å². The van der Waals surface area contributed by atoms with Crippen LogP contribution >= 0.6 is 12.2 Å². The van der Waals surface area contributed by atoms with Crippen molar-refractivity contribution in [3.05, 3.63) is 29.8 Å². The summed E-state index contributed by atoms with van der Waals surface area (Å²) in [6.45, 7) is 1.91. The average molecular weight is 319 g/mol. The van der Waals surface area contributed by atoms with Gasteiger partial charge in [0.25, 0.3) is 5.91 Å². The van der Waals surface area contributed by atoms with E-state index in [2.05, 4.69) is 10.4 Å². The minimum absolute atomic E-state index is 0.00800. The van der Waals surface area contributed by atoms with E-state index >= 15 is 0 Å². The summed E-state index contributed by atoms with van der Waals surface area (Å²) in [5, 5.41) is 5.88. The summed E-state index contributed by atoms with van der Waals surface area (Å²) in [4.78, 5) is 36.1. The number of anilines is 1. The molecule has 0 saturated carbocycles. The third-order valence-electron chi connectivity index (χ3n) is 2.89. The van der Waals surface area contributed by atoms with Crippen LogP contribution in [0.25, 0.3) is 0 Å². The van der Waals surface area contributed by atoms with Crippen LogP contribution in [0.3, 0.4) is 0 Å². The van der Waals surface area contributed by atoms with Gasteiger partial charge >= 0.3 is 6.03 Å². The second-order valence-electron chi connectivity index (χ2n) is 4.54. The molecule has 22 heavy (non-hydrogen) atoms. The monoisotopic (exact) mass is 319 g/mol. The van der Waals surface area contributed by atoms with Crippen molar-refractivity contribution in [1.82, 2.24) is 10.7 Å². The summed E-state index contributed by atoms with van der Waals surface area (Å²) >= 11 is 5.04. The van der Waals surface area contributed by atoms with Gasteiger partial charge in [-0.15, -0.1) is 0 Å². The normalized spacial score (nSPS) is 18.5. The van der Waals surface area contributed by atoms with Crippen molar-refractivity contribution >= 4 is 47.1 Å². The number of nitrogens with one attached hydrogen (secondary N) is 2. The van der Waals surface area contributed by atoms with Crippen molar-refractivity contribution in [1.29, 1.82) is 0 Å². The lowest BCUT2D eigenvalue weighted by Crippen LogP contribution is -2.58. The molecule has 1 fully saturated rings. The third kappa shape index (κ3) is 3.26. The second kappa shape index (κ2) is 6.31. The van der Waals surface area contributed by atoms with E-state index in [9.17, 15) is 14.4 Å². The lowest BCUT2D eigenvalue weighted by molar-refractivity contribution is -0.130. The number of thiocarbonyl (C=S) groups is 1. The fourth-order valence-corrected chi connectivity index (χ4v) is 2.13. The number of hydrogen-bond acceptors (Lipinski definition) is 5. The zero-order valence-corrected chi connectivity index (χ0v) is 12.4.